The number of hydrogen-bond donors (Lipinski definition) is 0. The molecule has 0 aliphatic heterocycles. The molecule has 0 N–H and O–H groups in total. The molecule has 4 heteroatoms. The van der Waals surface area contributed by atoms with Gasteiger partial charge < -0.3 is 0 Å². The predicted molar refractivity (Wildman–Crippen MR) is 62.8 cm³/mol. The van der Waals surface area contributed by atoms with E-state index in [2.05, 4.69) is 16.2 Å². The monoisotopic (exact) mass is 224 g/mol. The second kappa shape index (κ2) is 3.70. The summed E-state index contributed by atoms with van der Waals surface area (Å²) in [5, 5.41) is 13.4. The highest BCUT2D eigenvalue weighted by Gasteiger charge is 2.25. The van der Waals surface area contributed by atoms with Crippen LogP contribution >= 0.6 is 0 Å². The van der Waals surface area contributed by atoms with Crippen LogP contribution in [-0.4, -0.2) is 14.8 Å². The van der Waals surface area contributed by atoms with Crippen LogP contribution in [0.15, 0.2) is 24.4 Å². The molecule has 0 unspecified atom stereocenters. The number of pyridine rings is 1. The van der Waals surface area contributed by atoms with Crippen molar-refractivity contribution in [3.63, 3.8) is 0 Å². The molecule has 1 fully saturated rings. The molecular formula is C13H12N4. The van der Waals surface area contributed by atoms with Crippen molar-refractivity contribution in [2.75, 3.05) is 0 Å². The zero-order chi connectivity index (χ0) is 11.8. The van der Waals surface area contributed by atoms with Crippen molar-refractivity contribution in [3.05, 3.63) is 41.3 Å². The Balaban J connectivity index is 2.01. The number of nitriles is 1. The van der Waals surface area contributed by atoms with Crippen LogP contribution in [0.25, 0.3) is 5.82 Å². The van der Waals surface area contributed by atoms with Crippen LogP contribution in [0.2, 0.25) is 0 Å². The van der Waals surface area contributed by atoms with E-state index in [1.54, 1.807) is 16.8 Å². The fourth-order valence-electron chi connectivity index (χ4n) is 1.90. The molecule has 0 bridgehead atoms. The molecule has 2 aromatic rings. The van der Waals surface area contributed by atoms with Crippen LogP contribution in [0.4, 0.5) is 0 Å². The van der Waals surface area contributed by atoms with Crippen LogP contribution in [-0.2, 0) is 0 Å². The first-order valence-electron chi connectivity index (χ1n) is 5.71. The third-order valence-electron chi connectivity index (χ3n) is 2.91. The van der Waals surface area contributed by atoms with Crippen LogP contribution < -0.4 is 0 Å². The molecule has 2 aromatic heterocycles. The summed E-state index contributed by atoms with van der Waals surface area (Å²) in [7, 11) is 0. The molecule has 0 atom stereocenters. The Kier molecular flexibility index (Phi) is 2.19. The van der Waals surface area contributed by atoms with E-state index in [1.165, 1.54) is 12.8 Å². The molecule has 0 saturated heterocycles. The van der Waals surface area contributed by atoms with Crippen LogP contribution in [0.5, 0.6) is 0 Å². The van der Waals surface area contributed by atoms with Gasteiger partial charge in [-0.1, -0.05) is 0 Å². The third kappa shape index (κ3) is 1.92. The lowest BCUT2D eigenvalue weighted by molar-refractivity contribution is 0.808. The highest BCUT2D eigenvalue weighted by molar-refractivity contribution is 5.37. The van der Waals surface area contributed by atoms with Gasteiger partial charge in [0, 0.05) is 23.9 Å². The molecule has 3 rings (SSSR count). The Morgan fingerprint density at radius 2 is 2.24 bits per heavy atom. The van der Waals surface area contributed by atoms with Gasteiger partial charge in [-0.3, -0.25) is 0 Å². The van der Waals surface area contributed by atoms with Crippen molar-refractivity contribution in [1.82, 2.24) is 14.8 Å². The van der Waals surface area contributed by atoms with E-state index in [4.69, 9.17) is 5.26 Å². The molecule has 1 aliphatic carbocycles. The summed E-state index contributed by atoms with van der Waals surface area (Å²) >= 11 is 0. The van der Waals surface area contributed by atoms with Crippen LogP contribution in [0.3, 0.4) is 0 Å². The molecule has 1 saturated carbocycles. The first-order chi connectivity index (χ1) is 8.26. The smallest absolute Gasteiger partial charge is 0.154 e. The summed E-state index contributed by atoms with van der Waals surface area (Å²) in [6, 6.07) is 7.71. The molecule has 84 valence electrons. The normalized spacial score (nSPS) is 14.6. The summed E-state index contributed by atoms with van der Waals surface area (Å²) in [5.41, 5.74) is 2.59. The van der Waals surface area contributed by atoms with Gasteiger partial charge in [0.2, 0.25) is 0 Å². The van der Waals surface area contributed by atoms with Crippen molar-refractivity contribution < 1.29 is 0 Å². The number of aromatic nitrogens is 3. The third-order valence-corrected chi connectivity index (χ3v) is 2.91. The average molecular weight is 224 g/mol. The van der Waals surface area contributed by atoms with Crippen molar-refractivity contribution in [3.8, 4) is 11.9 Å². The molecule has 0 spiro atoms. The Morgan fingerprint density at radius 1 is 1.41 bits per heavy atom. The summed E-state index contributed by atoms with van der Waals surface area (Å²) in [5.74, 6) is 1.35. The average Bonchev–Trinajstić information content (AvgIpc) is 3.06. The van der Waals surface area contributed by atoms with Gasteiger partial charge in [0.1, 0.15) is 0 Å². The highest BCUT2D eigenvalue weighted by atomic mass is 15.3. The SMILES string of the molecule is Cc1cc(C#N)cc(-n2ccc(C3CC3)n2)n1. The topological polar surface area (TPSA) is 54.5 Å². The second-order valence-electron chi connectivity index (χ2n) is 4.43. The lowest BCUT2D eigenvalue weighted by Crippen LogP contribution is -2.01. The standard InChI is InChI=1S/C13H12N4/c1-9-6-10(8-14)7-13(15-9)17-5-4-12(16-17)11-2-3-11/h4-7,11H,2-3H2,1H3. The van der Waals surface area contributed by atoms with E-state index in [0.717, 1.165) is 11.4 Å². The van der Waals surface area contributed by atoms with Crippen LogP contribution in [0.1, 0.15) is 35.7 Å². The zero-order valence-electron chi connectivity index (χ0n) is 9.59. The molecule has 4 nitrogen and oxygen atoms in total. The zero-order valence-corrected chi connectivity index (χ0v) is 9.59. The number of nitrogens with zero attached hydrogens (tertiary/aromatic N) is 4. The summed E-state index contributed by atoms with van der Waals surface area (Å²) < 4.78 is 1.75. The van der Waals surface area contributed by atoms with E-state index in [0.29, 0.717) is 17.3 Å². The van der Waals surface area contributed by atoms with Gasteiger partial charge in [0.25, 0.3) is 0 Å². The fraction of sp³-hybridized carbons (Fsp3) is 0.308. The van der Waals surface area contributed by atoms with Crippen LogP contribution in [0, 0.1) is 18.3 Å². The van der Waals surface area contributed by atoms with Crippen molar-refractivity contribution in [2.24, 2.45) is 0 Å². The van der Waals surface area contributed by atoms with E-state index in [9.17, 15) is 0 Å². The minimum atomic E-state index is 0.621. The maximum Gasteiger partial charge on any atom is 0.154 e. The first kappa shape index (κ1) is 10.0. The maximum atomic E-state index is 8.93. The van der Waals surface area contributed by atoms with E-state index in [1.807, 2.05) is 19.2 Å². The van der Waals surface area contributed by atoms with Gasteiger partial charge in [-0.25, -0.2) is 9.67 Å². The van der Waals surface area contributed by atoms with Gasteiger partial charge in [-0.2, -0.15) is 10.4 Å². The Morgan fingerprint density at radius 3 is 2.94 bits per heavy atom. The predicted octanol–water partition coefficient (Wildman–Crippen LogP) is 2.32. The Bertz CT molecular complexity index is 602. The lowest BCUT2D eigenvalue weighted by Gasteiger charge is -2.02. The summed E-state index contributed by atoms with van der Waals surface area (Å²) in [6.45, 7) is 1.88. The minimum Gasteiger partial charge on any atom is -0.234 e. The van der Waals surface area contributed by atoms with Gasteiger partial charge in [-0.15, -0.1) is 0 Å². The number of hydrogen-bond acceptors (Lipinski definition) is 3. The van der Waals surface area contributed by atoms with E-state index >= 15 is 0 Å². The summed E-state index contributed by atoms with van der Waals surface area (Å²) in [6.07, 6.45) is 4.39. The second-order valence-corrected chi connectivity index (χ2v) is 4.43. The van der Waals surface area contributed by atoms with E-state index in [-0.39, 0.29) is 0 Å². The quantitative estimate of drug-likeness (QED) is 0.786. The molecule has 1 aliphatic rings. The number of rotatable bonds is 2. The van der Waals surface area contributed by atoms with Gasteiger partial charge in [0.05, 0.1) is 17.3 Å². The van der Waals surface area contributed by atoms with Gasteiger partial charge >= 0.3 is 0 Å². The highest BCUT2D eigenvalue weighted by Crippen LogP contribution is 2.38. The largest absolute Gasteiger partial charge is 0.234 e. The van der Waals surface area contributed by atoms with Crippen molar-refractivity contribution in [2.45, 2.75) is 25.7 Å². The molecular weight excluding hydrogens is 212 g/mol. The molecule has 17 heavy (non-hydrogen) atoms. The number of aryl methyl sites for hydroxylation is 1. The van der Waals surface area contributed by atoms with Crippen molar-refractivity contribution in [1.29, 1.82) is 5.26 Å². The lowest BCUT2D eigenvalue weighted by atomic mass is 10.2. The van der Waals surface area contributed by atoms with E-state index < -0.39 is 0 Å². The van der Waals surface area contributed by atoms with Crippen molar-refractivity contribution >= 4 is 0 Å². The Hall–Kier alpha value is -2.15. The maximum absolute atomic E-state index is 8.93. The molecule has 0 aromatic carbocycles. The van der Waals surface area contributed by atoms with Gasteiger partial charge in [0.15, 0.2) is 5.82 Å². The molecule has 0 radical (unpaired) electrons. The minimum absolute atomic E-state index is 0.621. The van der Waals surface area contributed by atoms with Gasteiger partial charge in [-0.05, 0) is 31.9 Å². The molecule has 0 amide bonds. The Labute approximate surface area is 99.5 Å². The first-order valence-corrected chi connectivity index (χ1v) is 5.71. The summed E-state index contributed by atoms with van der Waals surface area (Å²) in [4.78, 5) is 4.39. The fourth-order valence-corrected chi connectivity index (χ4v) is 1.90. The molecule has 2 heterocycles.